The molecule has 94 valence electrons. The highest BCUT2D eigenvalue weighted by atomic mass is 32.2. The molecule has 0 aliphatic rings. The van der Waals surface area contributed by atoms with Crippen LogP contribution >= 0.6 is 11.8 Å². The second-order valence-electron chi connectivity index (χ2n) is 3.65. The second-order valence-corrected chi connectivity index (χ2v) is 4.92. The molecule has 0 aromatic heterocycles. The maximum absolute atomic E-state index is 10.7. The zero-order chi connectivity index (χ0) is 13.5. The first-order valence-corrected chi connectivity index (χ1v) is 6.36. The van der Waals surface area contributed by atoms with Crippen molar-refractivity contribution in [3.8, 4) is 11.8 Å². The molecular weight excluding hydrogens is 250 g/mol. The molecule has 0 N–H and O–H groups in total. The average Bonchev–Trinajstić information content (AvgIpc) is 2.27. The van der Waals surface area contributed by atoms with E-state index in [1.807, 2.05) is 0 Å². The van der Waals surface area contributed by atoms with E-state index in [0.29, 0.717) is 17.7 Å². The summed E-state index contributed by atoms with van der Waals surface area (Å²) in [5.74, 6) is 6.54. The molecule has 0 fully saturated rings. The lowest BCUT2D eigenvalue weighted by Crippen LogP contribution is -1.91. The third-order valence-electron chi connectivity index (χ3n) is 2.16. The maximum Gasteiger partial charge on any atom is 0.272 e. The van der Waals surface area contributed by atoms with Gasteiger partial charge in [-0.1, -0.05) is 23.6 Å². The molecule has 0 saturated carbocycles. The van der Waals surface area contributed by atoms with E-state index in [-0.39, 0.29) is 10.8 Å². The normalized spacial score (nSPS) is 9.44. The summed E-state index contributed by atoms with van der Waals surface area (Å²) in [5, 5.41) is 10.7. The molecule has 18 heavy (non-hydrogen) atoms. The number of nitrogens with zero attached hydrogens (tertiary/aromatic N) is 1. The third-order valence-corrected chi connectivity index (χ3v) is 2.97. The highest BCUT2D eigenvalue weighted by Gasteiger charge is 2.08. The summed E-state index contributed by atoms with van der Waals surface area (Å²) in [7, 11) is 0. The van der Waals surface area contributed by atoms with Gasteiger partial charge in [-0.15, -0.1) is 0 Å². The van der Waals surface area contributed by atoms with E-state index in [1.54, 1.807) is 19.1 Å². The summed E-state index contributed by atoms with van der Waals surface area (Å²) in [4.78, 5) is 20.9. The van der Waals surface area contributed by atoms with Crippen molar-refractivity contribution in [1.82, 2.24) is 0 Å². The number of carbonyl (C=O) groups excluding carboxylic acids is 1. The lowest BCUT2D eigenvalue weighted by Gasteiger charge is -1.97. The van der Waals surface area contributed by atoms with Crippen molar-refractivity contribution in [2.45, 2.75) is 20.3 Å². The fourth-order valence-electron chi connectivity index (χ4n) is 1.35. The molecule has 0 aliphatic carbocycles. The van der Waals surface area contributed by atoms with Crippen LogP contribution in [0.4, 0.5) is 5.69 Å². The Morgan fingerprint density at radius 3 is 2.78 bits per heavy atom. The summed E-state index contributed by atoms with van der Waals surface area (Å²) < 4.78 is 0. The number of carbonyl (C=O) groups is 1. The predicted octanol–water partition coefficient (Wildman–Crippen LogP) is 2.92. The minimum Gasteiger partial charge on any atom is -0.288 e. The third kappa shape index (κ3) is 4.60. The number of thioether (sulfide) groups is 1. The Bertz CT molecular complexity index is 529. The van der Waals surface area contributed by atoms with Crippen molar-refractivity contribution >= 4 is 22.6 Å². The Hall–Kier alpha value is -1.80. The molecule has 0 amide bonds. The van der Waals surface area contributed by atoms with Crippen LogP contribution in [-0.2, 0) is 4.79 Å². The summed E-state index contributed by atoms with van der Waals surface area (Å²) in [6.07, 6.45) is 0.625. The smallest absolute Gasteiger partial charge is 0.272 e. The molecule has 1 aromatic carbocycles. The molecule has 5 heteroatoms. The van der Waals surface area contributed by atoms with Crippen LogP contribution in [0.3, 0.4) is 0 Å². The Morgan fingerprint density at radius 1 is 1.50 bits per heavy atom. The van der Waals surface area contributed by atoms with Gasteiger partial charge in [0, 0.05) is 36.3 Å². The highest BCUT2D eigenvalue weighted by Crippen LogP contribution is 2.18. The number of aryl methyl sites for hydroxylation is 1. The number of hydrogen-bond donors (Lipinski definition) is 0. The quantitative estimate of drug-likeness (QED) is 0.364. The van der Waals surface area contributed by atoms with Gasteiger partial charge in [0.25, 0.3) is 5.69 Å². The van der Waals surface area contributed by atoms with E-state index in [1.165, 1.54) is 24.8 Å². The van der Waals surface area contributed by atoms with E-state index < -0.39 is 4.92 Å². The van der Waals surface area contributed by atoms with Gasteiger partial charge >= 0.3 is 0 Å². The van der Waals surface area contributed by atoms with E-state index in [2.05, 4.69) is 11.8 Å². The molecular formula is C13H13NO3S. The molecule has 4 nitrogen and oxygen atoms in total. The first-order chi connectivity index (χ1) is 8.50. The fourth-order valence-corrected chi connectivity index (χ4v) is 1.84. The standard InChI is InChI=1S/C13H13NO3S/c1-10-9-12(6-7-13(10)14(16)17)5-3-4-8-18-11(2)15/h6-7,9H,4,8H2,1-2H3. The summed E-state index contributed by atoms with van der Waals surface area (Å²) in [5.41, 5.74) is 1.46. The van der Waals surface area contributed by atoms with E-state index in [9.17, 15) is 14.9 Å². The first-order valence-electron chi connectivity index (χ1n) is 5.38. The van der Waals surface area contributed by atoms with Crippen LogP contribution in [0.1, 0.15) is 24.5 Å². The van der Waals surface area contributed by atoms with Crippen molar-refractivity contribution in [3.05, 3.63) is 39.4 Å². The molecule has 1 aromatic rings. The fraction of sp³-hybridized carbons (Fsp3) is 0.308. The Balaban J connectivity index is 2.64. The molecule has 0 aliphatic heterocycles. The Morgan fingerprint density at radius 2 is 2.22 bits per heavy atom. The highest BCUT2D eigenvalue weighted by molar-refractivity contribution is 8.13. The van der Waals surface area contributed by atoms with Crippen LogP contribution in [-0.4, -0.2) is 15.8 Å². The SMILES string of the molecule is CC(=O)SCCC#Cc1ccc([N+](=O)[O-])c(C)c1. The molecule has 0 spiro atoms. The minimum atomic E-state index is -0.407. The van der Waals surface area contributed by atoms with Gasteiger partial charge in [-0.25, -0.2) is 0 Å². The van der Waals surface area contributed by atoms with Crippen molar-refractivity contribution in [1.29, 1.82) is 0 Å². The Kier molecular flexibility index (Phi) is 5.40. The van der Waals surface area contributed by atoms with Crippen LogP contribution < -0.4 is 0 Å². The topological polar surface area (TPSA) is 60.2 Å². The number of hydrogen-bond acceptors (Lipinski definition) is 4. The van der Waals surface area contributed by atoms with Crippen molar-refractivity contribution in [3.63, 3.8) is 0 Å². The molecule has 0 bridgehead atoms. The summed E-state index contributed by atoms with van der Waals surface area (Å²) in [6, 6.07) is 4.79. The zero-order valence-corrected chi connectivity index (χ0v) is 11.0. The first kappa shape index (κ1) is 14.3. The summed E-state index contributed by atoms with van der Waals surface area (Å²) in [6.45, 7) is 3.21. The van der Waals surface area contributed by atoms with Crippen LogP contribution in [0.25, 0.3) is 0 Å². The lowest BCUT2D eigenvalue weighted by atomic mass is 10.1. The zero-order valence-electron chi connectivity index (χ0n) is 10.2. The van der Waals surface area contributed by atoms with Crippen LogP contribution in [0.5, 0.6) is 0 Å². The van der Waals surface area contributed by atoms with Gasteiger partial charge in [0.05, 0.1) is 4.92 Å². The monoisotopic (exact) mass is 263 g/mol. The van der Waals surface area contributed by atoms with Crippen molar-refractivity contribution in [2.24, 2.45) is 0 Å². The van der Waals surface area contributed by atoms with E-state index in [0.717, 1.165) is 5.56 Å². The number of rotatable bonds is 3. The molecule has 0 heterocycles. The number of nitro groups is 1. The van der Waals surface area contributed by atoms with Crippen molar-refractivity contribution in [2.75, 3.05) is 5.75 Å². The van der Waals surface area contributed by atoms with Gasteiger partial charge in [0.2, 0.25) is 0 Å². The maximum atomic E-state index is 10.7. The van der Waals surface area contributed by atoms with Gasteiger partial charge in [0.1, 0.15) is 0 Å². The van der Waals surface area contributed by atoms with Crippen LogP contribution in [0.15, 0.2) is 18.2 Å². The number of nitro benzene ring substituents is 1. The lowest BCUT2D eigenvalue weighted by molar-refractivity contribution is -0.385. The predicted molar refractivity (Wildman–Crippen MR) is 72.5 cm³/mol. The van der Waals surface area contributed by atoms with E-state index in [4.69, 9.17) is 0 Å². The molecule has 0 saturated heterocycles. The molecule has 1 rings (SSSR count). The van der Waals surface area contributed by atoms with Crippen molar-refractivity contribution < 1.29 is 9.72 Å². The molecule has 0 unspecified atom stereocenters. The van der Waals surface area contributed by atoms with Gasteiger partial charge in [-0.2, -0.15) is 0 Å². The minimum absolute atomic E-state index is 0.0861. The van der Waals surface area contributed by atoms with Gasteiger partial charge < -0.3 is 0 Å². The van der Waals surface area contributed by atoms with E-state index >= 15 is 0 Å². The Labute approximate surface area is 110 Å². The molecule has 0 atom stereocenters. The van der Waals surface area contributed by atoms with Crippen LogP contribution in [0.2, 0.25) is 0 Å². The molecule has 0 radical (unpaired) electrons. The largest absolute Gasteiger partial charge is 0.288 e. The van der Waals surface area contributed by atoms with Gasteiger partial charge in [-0.05, 0) is 19.1 Å². The second kappa shape index (κ2) is 6.82. The number of benzene rings is 1. The van der Waals surface area contributed by atoms with Gasteiger partial charge in [0.15, 0.2) is 5.12 Å². The van der Waals surface area contributed by atoms with Gasteiger partial charge in [-0.3, -0.25) is 14.9 Å². The van der Waals surface area contributed by atoms with Crippen LogP contribution in [0, 0.1) is 28.9 Å². The summed E-state index contributed by atoms with van der Waals surface area (Å²) >= 11 is 1.25. The average molecular weight is 263 g/mol.